The summed E-state index contributed by atoms with van der Waals surface area (Å²) >= 11 is 1.76. The highest BCUT2D eigenvalue weighted by atomic mass is 32.1. The highest BCUT2D eigenvalue weighted by Crippen LogP contribution is 2.33. The molecular formula is C15H21N5S. The minimum Gasteiger partial charge on any atom is -0.369 e. The molecule has 0 saturated carbocycles. The smallest absolute Gasteiger partial charge is 0.203 e. The van der Waals surface area contributed by atoms with Gasteiger partial charge in [0.15, 0.2) is 5.65 Å². The molecule has 1 unspecified atom stereocenters. The largest absolute Gasteiger partial charge is 0.369 e. The highest BCUT2D eigenvalue weighted by molar-refractivity contribution is 7.10. The number of hydrogen-bond acceptors (Lipinski definition) is 4. The molecule has 21 heavy (non-hydrogen) atoms. The third-order valence-electron chi connectivity index (χ3n) is 3.82. The van der Waals surface area contributed by atoms with Crippen LogP contribution >= 0.6 is 11.3 Å². The average molecular weight is 303 g/mol. The topological polar surface area (TPSA) is 61.7 Å². The van der Waals surface area contributed by atoms with Crippen LogP contribution < -0.4 is 5.73 Å². The third kappa shape index (κ3) is 2.23. The maximum Gasteiger partial charge on any atom is 0.203 e. The summed E-state index contributed by atoms with van der Waals surface area (Å²) < 4.78 is 4.05. The molecule has 3 aromatic rings. The molecule has 0 amide bonds. The number of rotatable bonds is 5. The second-order valence-electron chi connectivity index (χ2n) is 5.27. The molecule has 0 saturated heterocycles. The molecular weight excluding hydrogens is 282 g/mol. The van der Waals surface area contributed by atoms with E-state index in [4.69, 9.17) is 5.73 Å². The number of aromatic nitrogens is 4. The minimum atomic E-state index is 0.222. The van der Waals surface area contributed by atoms with Crippen molar-refractivity contribution in [1.82, 2.24) is 19.3 Å². The Morgan fingerprint density at radius 2 is 2.19 bits per heavy atom. The normalized spacial score (nSPS) is 13.1. The standard InChI is InChI=1S/C15H21N5S/c1-4-7-10-13-14(19(3)18-10)20(15(16)17-13)11(5-2)12-8-6-9-21-12/h6,8-9,11H,4-5,7H2,1-3H3,(H2,16,17). The van der Waals surface area contributed by atoms with Crippen molar-refractivity contribution < 1.29 is 0 Å². The molecule has 6 heteroatoms. The molecule has 3 rings (SSSR count). The number of aryl methyl sites for hydroxylation is 2. The van der Waals surface area contributed by atoms with E-state index in [2.05, 4.69) is 46.0 Å². The van der Waals surface area contributed by atoms with E-state index in [0.29, 0.717) is 5.95 Å². The highest BCUT2D eigenvalue weighted by Gasteiger charge is 2.23. The van der Waals surface area contributed by atoms with Gasteiger partial charge >= 0.3 is 0 Å². The van der Waals surface area contributed by atoms with Crippen LogP contribution in [0.3, 0.4) is 0 Å². The van der Waals surface area contributed by atoms with Gasteiger partial charge in [0.1, 0.15) is 5.52 Å². The fourth-order valence-electron chi connectivity index (χ4n) is 2.92. The molecule has 3 heterocycles. The molecule has 112 valence electrons. The van der Waals surface area contributed by atoms with Crippen molar-refractivity contribution in [1.29, 1.82) is 0 Å². The van der Waals surface area contributed by atoms with Gasteiger partial charge in [-0.2, -0.15) is 5.10 Å². The van der Waals surface area contributed by atoms with E-state index < -0.39 is 0 Å². The molecule has 0 bridgehead atoms. The second kappa shape index (κ2) is 5.52. The average Bonchev–Trinajstić information content (AvgIpc) is 3.14. The number of nitrogens with two attached hydrogens (primary N) is 1. The predicted molar refractivity (Wildman–Crippen MR) is 87.7 cm³/mol. The Bertz CT molecular complexity index is 738. The van der Waals surface area contributed by atoms with Crippen LogP contribution in [0.5, 0.6) is 0 Å². The molecule has 5 nitrogen and oxygen atoms in total. The second-order valence-corrected chi connectivity index (χ2v) is 6.25. The molecule has 0 aliphatic heterocycles. The molecule has 0 fully saturated rings. The fraction of sp³-hybridized carbons (Fsp3) is 0.467. The van der Waals surface area contributed by atoms with Gasteiger partial charge in [-0.15, -0.1) is 11.3 Å². The van der Waals surface area contributed by atoms with Crippen molar-refractivity contribution >= 4 is 28.4 Å². The first-order valence-electron chi connectivity index (χ1n) is 7.40. The monoisotopic (exact) mass is 303 g/mol. The van der Waals surface area contributed by atoms with Gasteiger partial charge in [0.05, 0.1) is 11.7 Å². The molecule has 0 aliphatic rings. The lowest BCUT2D eigenvalue weighted by Gasteiger charge is -2.17. The number of anilines is 1. The summed E-state index contributed by atoms with van der Waals surface area (Å²) in [5.74, 6) is 0.579. The Labute approximate surface area is 128 Å². The zero-order chi connectivity index (χ0) is 15.0. The van der Waals surface area contributed by atoms with Crippen LogP contribution in [0.25, 0.3) is 11.2 Å². The van der Waals surface area contributed by atoms with Gasteiger partial charge < -0.3 is 5.73 Å². The molecule has 0 radical (unpaired) electrons. The first-order chi connectivity index (χ1) is 10.2. The van der Waals surface area contributed by atoms with Crippen molar-refractivity contribution in [2.75, 3.05) is 5.73 Å². The summed E-state index contributed by atoms with van der Waals surface area (Å²) in [5, 5.41) is 6.73. The minimum absolute atomic E-state index is 0.222. The fourth-order valence-corrected chi connectivity index (χ4v) is 3.82. The maximum absolute atomic E-state index is 6.23. The van der Waals surface area contributed by atoms with Gasteiger partial charge in [-0.25, -0.2) is 4.98 Å². The van der Waals surface area contributed by atoms with Crippen molar-refractivity contribution in [2.24, 2.45) is 7.05 Å². The van der Waals surface area contributed by atoms with Crippen molar-refractivity contribution in [3.63, 3.8) is 0 Å². The molecule has 0 spiro atoms. The molecule has 1 atom stereocenters. The SMILES string of the molecule is CCCc1nn(C)c2c1nc(N)n2C(CC)c1cccs1. The zero-order valence-electron chi connectivity index (χ0n) is 12.7. The summed E-state index contributed by atoms with van der Waals surface area (Å²) in [6.07, 6.45) is 2.97. The van der Waals surface area contributed by atoms with E-state index in [9.17, 15) is 0 Å². The van der Waals surface area contributed by atoms with Gasteiger partial charge in [-0.05, 0) is 24.3 Å². The Balaban J connectivity index is 2.20. The molecule has 2 N–H and O–H groups in total. The van der Waals surface area contributed by atoms with Crippen molar-refractivity contribution in [3.05, 3.63) is 28.1 Å². The van der Waals surface area contributed by atoms with Crippen LogP contribution in [0, 0.1) is 0 Å². The lowest BCUT2D eigenvalue weighted by Crippen LogP contribution is -2.13. The maximum atomic E-state index is 6.23. The number of fused-ring (bicyclic) bond motifs is 1. The Morgan fingerprint density at radius 1 is 1.38 bits per heavy atom. The van der Waals surface area contributed by atoms with Crippen LogP contribution in [0.2, 0.25) is 0 Å². The lowest BCUT2D eigenvalue weighted by atomic mass is 10.2. The van der Waals surface area contributed by atoms with Gasteiger partial charge in [-0.3, -0.25) is 9.25 Å². The van der Waals surface area contributed by atoms with E-state index >= 15 is 0 Å². The van der Waals surface area contributed by atoms with Gasteiger partial charge in [0.2, 0.25) is 5.95 Å². The van der Waals surface area contributed by atoms with Crippen LogP contribution in [-0.2, 0) is 13.5 Å². The van der Waals surface area contributed by atoms with Crippen LogP contribution in [-0.4, -0.2) is 19.3 Å². The number of imidazole rings is 1. The number of nitrogens with zero attached hydrogens (tertiary/aromatic N) is 4. The molecule has 0 aromatic carbocycles. The zero-order valence-corrected chi connectivity index (χ0v) is 13.5. The van der Waals surface area contributed by atoms with Crippen molar-refractivity contribution in [3.8, 4) is 0 Å². The van der Waals surface area contributed by atoms with E-state index in [1.807, 2.05) is 11.7 Å². The lowest BCUT2D eigenvalue weighted by molar-refractivity contribution is 0.580. The van der Waals surface area contributed by atoms with E-state index in [1.54, 1.807) is 11.3 Å². The Hall–Kier alpha value is -1.82. The van der Waals surface area contributed by atoms with Gasteiger partial charge in [0, 0.05) is 11.9 Å². The van der Waals surface area contributed by atoms with Crippen LogP contribution in [0.15, 0.2) is 17.5 Å². The summed E-state index contributed by atoms with van der Waals surface area (Å²) in [4.78, 5) is 5.90. The summed E-state index contributed by atoms with van der Waals surface area (Å²) in [6.45, 7) is 4.33. The summed E-state index contributed by atoms with van der Waals surface area (Å²) in [6, 6.07) is 4.46. The number of thiophene rings is 1. The first-order valence-corrected chi connectivity index (χ1v) is 8.28. The summed E-state index contributed by atoms with van der Waals surface area (Å²) in [5.41, 5.74) is 9.25. The number of hydrogen-bond donors (Lipinski definition) is 1. The first kappa shape index (κ1) is 14.1. The Kier molecular flexibility index (Phi) is 3.71. The van der Waals surface area contributed by atoms with E-state index in [1.165, 1.54) is 4.88 Å². The van der Waals surface area contributed by atoms with E-state index in [-0.39, 0.29) is 6.04 Å². The van der Waals surface area contributed by atoms with Crippen LogP contribution in [0.1, 0.15) is 43.3 Å². The van der Waals surface area contributed by atoms with Gasteiger partial charge in [-0.1, -0.05) is 26.3 Å². The van der Waals surface area contributed by atoms with E-state index in [0.717, 1.165) is 36.1 Å². The summed E-state index contributed by atoms with van der Waals surface area (Å²) in [7, 11) is 1.97. The quantitative estimate of drug-likeness (QED) is 0.786. The van der Waals surface area contributed by atoms with Gasteiger partial charge in [0.25, 0.3) is 0 Å². The predicted octanol–water partition coefficient (Wildman–Crippen LogP) is 3.37. The molecule has 0 aliphatic carbocycles. The van der Waals surface area contributed by atoms with Crippen molar-refractivity contribution in [2.45, 2.75) is 39.2 Å². The molecule has 3 aromatic heterocycles. The third-order valence-corrected chi connectivity index (χ3v) is 4.79. The Morgan fingerprint density at radius 3 is 2.81 bits per heavy atom. The van der Waals surface area contributed by atoms with Crippen LogP contribution in [0.4, 0.5) is 5.95 Å². The number of nitrogen functional groups attached to an aromatic ring is 1.